The van der Waals surface area contributed by atoms with Gasteiger partial charge in [-0.2, -0.15) is 5.10 Å². The lowest BCUT2D eigenvalue weighted by Gasteiger charge is -2.37. The Hall–Kier alpha value is -3.16. The van der Waals surface area contributed by atoms with E-state index in [1.54, 1.807) is 9.58 Å². The summed E-state index contributed by atoms with van der Waals surface area (Å²) in [5.41, 5.74) is 1.16. The van der Waals surface area contributed by atoms with Crippen LogP contribution in [0, 0.1) is 5.92 Å². The smallest absolute Gasteiger partial charge is 0.409 e. The molecule has 1 aliphatic heterocycles. The highest BCUT2D eigenvalue weighted by molar-refractivity contribution is 5.75. The zero-order valence-corrected chi connectivity index (χ0v) is 16.8. The average Bonchev–Trinajstić information content (AvgIpc) is 3.17. The fourth-order valence-electron chi connectivity index (χ4n) is 4.32. The molecule has 1 saturated heterocycles. The minimum absolute atomic E-state index is 0.0107. The molecule has 0 atom stereocenters. The lowest BCUT2D eigenvalue weighted by atomic mass is 9.90. The van der Waals surface area contributed by atoms with Gasteiger partial charge in [0.2, 0.25) is 0 Å². The number of hydrogen-bond donors (Lipinski definition) is 1. The standard InChI is InChI=1S/C22H25N5O3/c28-21-18-11-23-27(17-9-5-2-6-10-17)20(18)24-19(25-21)16-12-26(13-16)22(29)30-14-15-7-3-1-4-8-15/h2,5-6,9-11,15-16H,1,3-4,7-8,12-14H2,(H,24,25,28). The van der Waals surface area contributed by atoms with Gasteiger partial charge in [-0.3, -0.25) is 4.79 Å². The normalized spacial score (nSPS) is 17.8. The Balaban J connectivity index is 1.27. The maximum Gasteiger partial charge on any atom is 0.409 e. The first-order chi connectivity index (χ1) is 14.7. The third kappa shape index (κ3) is 3.58. The van der Waals surface area contributed by atoms with E-state index in [-0.39, 0.29) is 17.6 Å². The van der Waals surface area contributed by atoms with Crippen LogP contribution in [0.3, 0.4) is 0 Å². The van der Waals surface area contributed by atoms with Gasteiger partial charge in [-0.15, -0.1) is 0 Å². The number of nitrogens with zero attached hydrogens (tertiary/aromatic N) is 4. The third-order valence-corrected chi connectivity index (χ3v) is 6.15. The number of likely N-dealkylation sites (tertiary alicyclic amines) is 1. The van der Waals surface area contributed by atoms with E-state index >= 15 is 0 Å². The van der Waals surface area contributed by atoms with Crippen molar-refractivity contribution < 1.29 is 9.53 Å². The summed E-state index contributed by atoms with van der Waals surface area (Å²) in [7, 11) is 0. The van der Waals surface area contributed by atoms with Gasteiger partial charge in [0, 0.05) is 13.1 Å². The first-order valence-corrected chi connectivity index (χ1v) is 10.6. The fraction of sp³-hybridized carbons (Fsp3) is 0.455. The lowest BCUT2D eigenvalue weighted by molar-refractivity contribution is 0.0543. The van der Waals surface area contributed by atoms with Gasteiger partial charge in [0.25, 0.3) is 5.56 Å². The van der Waals surface area contributed by atoms with Gasteiger partial charge >= 0.3 is 6.09 Å². The van der Waals surface area contributed by atoms with Gasteiger partial charge in [0.15, 0.2) is 5.65 Å². The Morgan fingerprint density at radius 3 is 2.67 bits per heavy atom. The monoisotopic (exact) mass is 407 g/mol. The van der Waals surface area contributed by atoms with Crippen molar-refractivity contribution in [1.82, 2.24) is 24.6 Å². The highest BCUT2D eigenvalue weighted by Gasteiger charge is 2.35. The highest BCUT2D eigenvalue weighted by atomic mass is 16.6. The van der Waals surface area contributed by atoms with Crippen LogP contribution in [0.15, 0.2) is 41.3 Å². The molecular formula is C22H25N5O3. The summed E-state index contributed by atoms with van der Waals surface area (Å²) in [6.45, 7) is 1.51. The topological polar surface area (TPSA) is 93.1 Å². The van der Waals surface area contributed by atoms with E-state index in [0.717, 1.165) is 18.5 Å². The second kappa shape index (κ2) is 7.93. The molecule has 2 fully saturated rings. The van der Waals surface area contributed by atoms with Crippen molar-refractivity contribution in [1.29, 1.82) is 0 Å². The number of nitrogens with one attached hydrogen (secondary N) is 1. The molecule has 8 nitrogen and oxygen atoms in total. The minimum Gasteiger partial charge on any atom is -0.449 e. The van der Waals surface area contributed by atoms with Gasteiger partial charge in [0.1, 0.15) is 11.2 Å². The average molecular weight is 407 g/mol. The molecule has 1 N–H and O–H groups in total. The lowest BCUT2D eigenvalue weighted by Crippen LogP contribution is -2.49. The molecule has 1 aromatic carbocycles. The van der Waals surface area contributed by atoms with E-state index in [0.29, 0.717) is 42.5 Å². The van der Waals surface area contributed by atoms with Crippen molar-refractivity contribution in [2.45, 2.75) is 38.0 Å². The third-order valence-electron chi connectivity index (χ3n) is 6.15. The molecule has 3 aromatic rings. The Labute approximate surface area is 173 Å². The molecule has 30 heavy (non-hydrogen) atoms. The number of amides is 1. The van der Waals surface area contributed by atoms with Crippen molar-refractivity contribution in [2.24, 2.45) is 5.92 Å². The van der Waals surface area contributed by atoms with Gasteiger partial charge < -0.3 is 14.6 Å². The molecule has 5 rings (SSSR count). The second-order valence-corrected chi connectivity index (χ2v) is 8.26. The Kier molecular flexibility index (Phi) is 4.98. The first-order valence-electron chi connectivity index (χ1n) is 10.6. The van der Waals surface area contributed by atoms with E-state index in [9.17, 15) is 9.59 Å². The number of benzene rings is 1. The van der Waals surface area contributed by atoms with E-state index in [1.807, 2.05) is 30.3 Å². The van der Waals surface area contributed by atoms with E-state index in [1.165, 1.54) is 25.5 Å². The summed E-state index contributed by atoms with van der Waals surface area (Å²) >= 11 is 0. The van der Waals surface area contributed by atoms with Crippen LogP contribution < -0.4 is 5.56 Å². The molecule has 156 valence electrons. The number of hydrogen-bond acceptors (Lipinski definition) is 5. The summed E-state index contributed by atoms with van der Waals surface area (Å²) in [4.78, 5) is 34.1. The van der Waals surface area contributed by atoms with Crippen LogP contribution in [0.4, 0.5) is 4.79 Å². The molecule has 2 aliphatic rings. The maximum atomic E-state index is 12.5. The Morgan fingerprint density at radius 1 is 1.13 bits per heavy atom. The molecule has 1 amide bonds. The predicted octanol–water partition coefficient (Wildman–Crippen LogP) is 3.22. The summed E-state index contributed by atoms with van der Waals surface area (Å²) in [5, 5.41) is 4.78. The summed E-state index contributed by atoms with van der Waals surface area (Å²) in [6, 6.07) is 9.60. The van der Waals surface area contributed by atoms with Gasteiger partial charge in [-0.1, -0.05) is 37.5 Å². The number of ether oxygens (including phenoxy) is 1. The van der Waals surface area contributed by atoms with Crippen molar-refractivity contribution >= 4 is 17.1 Å². The molecule has 0 bridgehead atoms. The molecule has 3 heterocycles. The Bertz CT molecular complexity index is 1090. The van der Waals surface area contributed by atoms with Crippen molar-refractivity contribution in [3.8, 4) is 5.69 Å². The molecule has 8 heteroatoms. The van der Waals surface area contributed by atoms with Gasteiger partial charge in [-0.05, 0) is 30.9 Å². The number of fused-ring (bicyclic) bond motifs is 1. The van der Waals surface area contributed by atoms with Crippen LogP contribution in [-0.4, -0.2) is 50.4 Å². The summed E-state index contributed by atoms with van der Waals surface area (Å²) < 4.78 is 7.18. The van der Waals surface area contributed by atoms with Crippen LogP contribution in [0.25, 0.3) is 16.7 Å². The number of carbonyl (C=O) groups excluding carboxylic acids is 1. The minimum atomic E-state index is -0.269. The molecular weight excluding hydrogens is 382 g/mol. The van der Waals surface area contributed by atoms with Crippen LogP contribution in [-0.2, 0) is 4.74 Å². The second-order valence-electron chi connectivity index (χ2n) is 8.26. The molecule has 0 radical (unpaired) electrons. The first kappa shape index (κ1) is 18.8. The quantitative estimate of drug-likeness (QED) is 0.717. The number of para-hydroxylation sites is 1. The van der Waals surface area contributed by atoms with Crippen molar-refractivity contribution in [3.05, 3.63) is 52.7 Å². The number of aromatic nitrogens is 4. The van der Waals surface area contributed by atoms with Crippen LogP contribution in [0.2, 0.25) is 0 Å². The fourth-order valence-corrected chi connectivity index (χ4v) is 4.32. The van der Waals surface area contributed by atoms with Crippen LogP contribution in [0.1, 0.15) is 43.8 Å². The number of carbonyl (C=O) groups is 1. The maximum absolute atomic E-state index is 12.5. The van der Waals surface area contributed by atoms with Crippen molar-refractivity contribution in [2.75, 3.05) is 19.7 Å². The largest absolute Gasteiger partial charge is 0.449 e. The van der Waals surface area contributed by atoms with Gasteiger partial charge in [-0.25, -0.2) is 14.5 Å². The van der Waals surface area contributed by atoms with E-state index in [4.69, 9.17) is 4.74 Å². The predicted molar refractivity (Wildman–Crippen MR) is 112 cm³/mol. The van der Waals surface area contributed by atoms with Crippen LogP contribution in [0.5, 0.6) is 0 Å². The zero-order valence-electron chi connectivity index (χ0n) is 16.8. The van der Waals surface area contributed by atoms with Crippen molar-refractivity contribution in [3.63, 3.8) is 0 Å². The summed E-state index contributed by atoms with van der Waals surface area (Å²) in [5.74, 6) is 1.07. The number of rotatable bonds is 4. The zero-order chi connectivity index (χ0) is 20.5. The SMILES string of the molecule is O=C(OCC1CCCCC1)N1CC(c2nc3c(cnn3-c3ccccc3)c(=O)[nH]2)C1. The van der Waals surface area contributed by atoms with E-state index < -0.39 is 0 Å². The summed E-state index contributed by atoms with van der Waals surface area (Å²) in [6.07, 6.45) is 7.32. The van der Waals surface area contributed by atoms with Crippen LogP contribution >= 0.6 is 0 Å². The number of aromatic amines is 1. The van der Waals surface area contributed by atoms with E-state index in [2.05, 4.69) is 15.1 Å². The Morgan fingerprint density at radius 2 is 1.90 bits per heavy atom. The molecule has 2 aromatic heterocycles. The highest BCUT2D eigenvalue weighted by Crippen LogP contribution is 2.27. The molecule has 0 unspecified atom stereocenters. The molecule has 1 saturated carbocycles. The molecule has 0 spiro atoms. The molecule has 1 aliphatic carbocycles. The van der Waals surface area contributed by atoms with Gasteiger partial charge in [0.05, 0.1) is 24.4 Å². The number of H-pyrrole nitrogens is 1.